The van der Waals surface area contributed by atoms with Gasteiger partial charge in [-0.2, -0.15) is 5.10 Å². The number of morpholine rings is 1. The monoisotopic (exact) mass is 347 g/mol. The van der Waals surface area contributed by atoms with Crippen LogP contribution in [-0.4, -0.2) is 51.6 Å². The fourth-order valence-corrected chi connectivity index (χ4v) is 2.56. The highest BCUT2D eigenvalue weighted by atomic mass is 16.5. The Labute approximate surface area is 144 Å². The summed E-state index contributed by atoms with van der Waals surface area (Å²) in [4.78, 5) is 29.6. The number of furan rings is 1. The van der Waals surface area contributed by atoms with E-state index >= 15 is 0 Å². The van der Waals surface area contributed by atoms with E-state index in [0.29, 0.717) is 31.3 Å². The number of rotatable bonds is 5. The summed E-state index contributed by atoms with van der Waals surface area (Å²) in [7, 11) is 0. The number of hydrogen-bond donors (Lipinski definition) is 2. The molecular weight excluding hydrogens is 326 g/mol. The summed E-state index contributed by atoms with van der Waals surface area (Å²) in [6, 6.07) is 3.30. The molecule has 9 heteroatoms. The molecule has 0 aliphatic carbocycles. The lowest BCUT2D eigenvalue weighted by molar-refractivity contribution is -0.119. The first-order valence-electron chi connectivity index (χ1n) is 8.22. The van der Waals surface area contributed by atoms with Gasteiger partial charge in [0.1, 0.15) is 17.7 Å². The van der Waals surface area contributed by atoms with Crippen LogP contribution >= 0.6 is 0 Å². The molecule has 1 aliphatic rings. The second kappa shape index (κ2) is 7.47. The summed E-state index contributed by atoms with van der Waals surface area (Å²) in [5.74, 6) is 1.75. The molecule has 2 aromatic heterocycles. The second-order valence-electron chi connectivity index (χ2n) is 5.78. The SMILES string of the molecule is CCc1nc(C2CN(C(=O)c3ccc(CNC(C)=O)o3)CCO2)n[nH]1. The zero-order chi connectivity index (χ0) is 17.8. The van der Waals surface area contributed by atoms with E-state index < -0.39 is 0 Å². The molecule has 3 rings (SSSR count). The normalized spacial score (nSPS) is 17.5. The fourth-order valence-electron chi connectivity index (χ4n) is 2.56. The van der Waals surface area contributed by atoms with Crippen molar-refractivity contribution in [3.8, 4) is 0 Å². The van der Waals surface area contributed by atoms with E-state index in [2.05, 4.69) is 20.5 Å². The smallest absolute Gasteiger partial charge is 0.289 e. The van der Waals surface area contributed by atoms with Gasteiger partial charge in [-0.3, -0.25) is 14.7 Å². The highest BCUT2D eigenvalue weighted by molar-refractivity contribution is 5.91. The average molecular weight is 347 g/mol. The van der Waals surface area contributed by atoms with E-state index in [1.165, 1.54) is 6.92 Å². The van der Waals surface area contributed by atoms with E-state index in [9.17, 15) is 9.59 Å². The lowest BCUT2D eigenvalue weighted by Gasteiger charge is -2.31. The van der Waals surface area contributed by atoms with Crippen LogP contribution in [0.2, 0.25) is 0 Å². The number of aromatic amines is 1. The van der Waals surface area contributed by atoms with Gasteiger partial charge < -0.3 is 19.4 Å². The van der Waals surface area contributed by atoms with Gasteiger partial charge in [0.25, 0.3) is 5.91 Å². The van der Waals surface area contributed by atoms with Crippen LogP contribution in [0.3, 0.4) is 0 Å². The van der Waals surface area contributed by atoms with E-state index in [0.717, 1.165) is 12.2 Å². The van der Waals surface area contributed by atoms with Crippen LogP contribution in [0.5, 0.6) is 0 Å². The zero-order valence-corrected chi connectivity index (χ0v) is 14.2. The fraction of sp³-hybridized carbons (Fsp3) is 0.500. The summed E-state index contributed by atoms with van der Waals surface area (Å²) in [5, 5.41) is 9.65. The number of ether oxygens (including phenoxy) is 1. The Morgan fingerprint density at radius 2 is 2.28 bits per heavy atom. The molecule has 0 radical (unpaired) electrons. The van der Waals surface area contributed by atoms with Crippen LogP contribution in [0.25, 0.3) is 0 Å². The van der Waals surface area contributed by atoms with Crippen molar-refractivity contribution in [1.82, 2.24) is 25.4 Å². The number of aromatic nitrogens is 3. The summed E-state index contributed by atoms with van der Waals surface area (Å²) in [6.45, 7) is 4.91. The Bertz CT molecular complexity index is 753. The van der Waals surface area contributed by atoms with E-state index in [1.807, 2.05) is 6.92 Å². The molecule has 1 unspecified atom stereocenters. The first-order chi connectivity index (χ1) is 12.1. The third-order valence-electron chi connectivity index (χ3n) is 3.91. The maximum Gasteiger partial charge on any atom is 0.289 e. The van der Waals surface area contributed by atoms with Gasteiger partial charge in [0.15, 0.2) is 11.6 Å². The summed E-state index contributed by atoms with van der Waals surface area (Å²) >= 11 is 0. The average Bonchev–Trinajstić information content (AvgIpc) is 3.28. The third-order valence-corrected chi connectivity index (χ3v) is 3.91. The first-order valence-corrected chi connectivity index (χ1v) is 8.22. The number of carbonyl (C=O) groups is 2. The van der Waals surface area contributed by atoms with Crippen molar-refractivity contribution < 1.29 is 18.7 Å². The lowest BCUT2D eigenvalue weighted by atomic mass is 10.2. The van der Waals surface area contributed by atoms with E-state index in [1.54, 1.807) is 17.0 Å². The summed E-state index contributed by atoms with van der Waals surface area (Å²) in [5.41, 5.74) is 0. The van der Waals surface area contributed by atoms with Gasteiger partial charge >= 0.3 is 0 Å². The molecule has 0 bridgehead atoms. The Morgan fingerprint density at radius 1 is 1.44 bits per heavy atom. The quantitative estimate of drug-likeness (QED) is 0.827. The summed E-state index contributed by atoms with van der Waals surface area (Å²) < 4.78 is 11.2. The van der Waals surface area contributed by atoms with Gasteiger partial charge in [0.2, 0.25) is 5.91 Å². The van der Waals surface area contributed by atoms with E-state index in [-0.39, 0.29) is 30.2 Å². The minimum atomic E-state index is -0.358. The van der Waals surface area contributed by atoms with Crippen molar-refractivity contribution in [2.24, 2.45) is 0 Å². The Kier molecular flexibility index (Phi) is 5.13. The third kappa shape index (κ3) is 4.05. The predicted molar refractivity (Wildman–Crippen MR) is 86.6 cm³/mol. The molecule has 1 fully saturated rings. The van der Waals surface area contributed by atoms with Crippen LogP contribution in [0.1, 0.15) is 47.9 Å². The van der Waals surface area contributed by atoms with Gasteiger partial charge in [-0.1, -0.05) is 6.92 Å². The molecule has 25 heavy (non-hydrogen) atoms. The lowest BCUT2D eigenvalue weighted by Crippen LogP contribution is -2.42. The number of amides is 2. The molecule has 9 nitrogen and oxygen atoms in total. The molecule has 1 atom stereocenters. The second-order valence-corrected chi connectivity index (χ2v) is 5.78. The highest BCUT2D eigenvalue weighted by Crippen LogP contribution is 2.21. The highest BCUT2D eigenvalue weighted by Gasteiger charge is 2.29. The Balaban J connectivity index is 1.64. The van der Waals surface area contributed by atoms with Crippen molar-refractivity contribution in [3.05, 3.63) is 35.3 Å². The number of H-pyrrole nitrogens is 1. The molecule has 1 saturated heterocycles. The minimum absolute atomic E-state index is 0.154. The largest absolute Gasteiger partial charge is 0.454 e. The topological polar surface area (TPSA) is 113 Å². The number of carbonyl (C=O) groups excluding carboxylic acids is 2. The van der Waals surface area contributed by atoms with E-state index in [4.69, 9.17) is 9.15 Å². The zero-order valence-electron chi connectivity index (χ0n) is 14.2. The van der Waals surface area contributed by atoms with Crippen LogP contribution in [0.4, 0.5) is 0 Å². The molecule has 3 heterocycles. The van der Waals surface area contributed by atoms with Gasteiger partial charge in [0.05, 0.1) is 19.7 Å². The predicted octanol–water partition coefficient (Wildman–Crippen LogP) is 0.810. The number of nitrogens with zero attached hydrogens (tertiary/aromatic N) is 3. The van der Waals surface area contributed by atoms with Crippen molar-refractivity contribution in [2.75, 3.05) is 19.7 Å². The van der Waals surface area contributed by atoms with Crippen molar-refractivity contribution in [3.63, 3.8) is 0 Å². The van der Waals surface area contributed by atoms with Crippen molar-refractivity contribution in [1.29, 1.82) is 0 Å². The van der Waals surface area contributed by atoms with Crippen LogP contribution in [0.15, 0.2) is 16.5 Å². The minimum Gasteiger partial charge on any atom is -0.454 e. The molecule has 2 aromatic rings. The number of nitrogens with one attached hydrogen (secondary N) is 2. The van der Waals surface area contributed by atoms with Gasteiger partial charge in [0, 0.05) is 19.9 Å². The van der Waals surface area contributed by atoms with Gasteiger partial charge in [-0.15, -0.1) is 0 Å². The van der Waals surface area contributed by atoms with Crippen molar-refractivity contribution >= 4 is 11.8 Å². The molecule has 1 aliphatic heterocycles. The molecule has 2 amide bonds. The maximum atomic E-state index is 12.6. The van der Waals surface area contributed by atoms with Crippen molar-refractivity contribution in [2.45, 2.75) is 32.9 Å². The molecular formula is C16H21N5O4. The molecule has 0 saturated carbocycles. The van der Waals surface area contributed by atoms with Crippen LogP contribution < -0.4 is 5.32 Å². The maximum absolute atomic E-state index is 12.6. The number of hydrogen-bond acceptors (Lipinski definition) is 6. The van der Waals surface area contributed by atoms with Gasteiger partial charge in [-0.05, 0) is 12.1 Å². The van der Waals surface area contributed by atoms with Crippen LogP contribution in [0, 0.1) is 0 Å². The Morgan fingerprint density at radius 3 is 3.00 bits per heavy atom. The number of aryl methyl sites for hydroxylation is 1. The first kappa shape index (κ1) is 17.2. The molecule has 2 N–H and O–H groups in total. The molecule has 134 valence electrons. The van der Waals surface area contributed by atoms with Gasteiger partial charge in [-0.25, -0.2) is 4.98 Å². The molecule has 0 aromatic carbocycles. The van der Waals surface area contributed by atoms with Crippen LogP contribution in [-0.2, 0) is 22.5 Å². The Hall–Kier alpha value is -2.68. The standard InChI is InChI=1S/C16H21N5O4/c1-3-14-18-15(20-19-14)13-9-21(6-7-24-13)16(23)12-5-4-11(25-12)8-17-10(2)22/h4-5,13H,3,6-9H2,1-2H3,(H,17,22)(H,18,19,20). The summed E-state index contributed by atoms with van der Waals surface area (Å²) in [6.07, 6.45) is 0.398. The molecule has 0 spiro atoms.